The van der Waals surface area contributed by atoms with Crippen LogP contribution in [0.1, 0.15) is 11.1 Å². The smallest absolute Gasteiger partial charge is 0.329 e. The zero-order chi connectivity index (χ0) is 23.8. The molecule has 0 aliphatic carbocycles. The van der Waals surface area contributed by atoms with E-state index in [0.717, 1.165) is 5.56 Å². The predicted molar refractivity (Wildman–Crippen MR) is 130 cm³/mol. The number of ether oxygens (including phenoxy) is 2. The van der Waals surface area contributed by atoms with Crippen LogP contribution in [0.15, 0.2) is 65.8 Å². The van der Waals surface area contributed by atoms with Gasteiger partial charge in [-0.15, -0.1) is 0 Å². The van der Waals surface area contributed by atoms with E-state index in [4.69, 9.17) is 44.3 Å². The molecule has 3 aromatic carbocycles. The van der Waals surface area contributed by atoms with E-state index in [1.54, 1.807) is 42.5 Å². The molecule has 0 radical (unpaired) electrons. The van der Waals surface area contributed by atoms with Crippen molar-refractivity contribution >= 4 is 58.5 Å². The van der Waals surface area contributed by atoms with E-state index in [-0.39, 0.29) is 15.7 Å². The van der Waals surface area contributed by atoms with Crippen molar-refractivity contribution in [3.05, 3.63) is 86.9 Å². The molecule has 0 heterocycles. The lowest BCUT2D eigenvalue weighted by atomic mass is 10.2. The third-order valence-electron chi connectivity index (χ3n) is 4.28. The molecule has 0 aromatic heterocycles. The molecule has 3 aromatic rings. The summed E-state index contributed by atoms with van der Waals surface area (Å²) >= 11 is 17.8. The van der Waals surface area contributed by atoms with Gasteiger partial charge in [-0.3, -0.25) is 9.59 Å². The molecule has 0 fully saturated rings. The number of rotatable bonds is 7. The van der Waals surface area contributed by atoms with E-state index in [9.17, 15) is 9.59 Å². The van der Waals surface area contributed by atoms with Crippen molar-refractivity contribution < 1.29 is 19.1 Å². The molecule has 3 rings (SSSR count). The van der Waals surface area contributed by atoms with Gasteiger partial charge in [-0.25, -0.2) is 5.43 Å². The Hall–Kier alpha value is -3.26. The molecule has 2 amide bonds. The largest absolute Gasteiger partial charge is 0.493 e. The highest BCUT2D eigenvalue weighted by atomic mass is 35.5. The fourth-order valence-electron chi connectivity index (χ4n) is 2.62. The average Bonchev–Trinajstić information content (AvgIpc) is 2.81. The van der Waals surface area contributed by atoms with Crippen molar-refractivity contribution in [2.75, 3.05) is 12.4 Å². The Morgan fingerprint density at radius 3 is 2.45 bits per heavy atom. The van der Waals surface area contributed by atoms with E-state index in [1.165, 1.54) is 19.4 Å². The molecule has 7 nitrogen and oxygen atoms in total. The summed E-state index contributed by atoms with van der Waals surface area (Å²) in [5, 5.41) is 7.21. The molecule has 0 unspecified atom stereocenters. The summed E-state index contributed by atoms with van der Waals surface area (Å²) in [6.07, 6.45) is 1.36. The molecule has 0 spiro atoms. The molecule has 0 saturated heterocycles. The van der Waals surface area contributed by atoms with Crippen molar-refractivity contribution in [3.8, 4) is 11.5 Å². The summed E-state index contributed by atoms with van der Waals surface area (Å²) in [5.41, 5.74) is 3.93. The second-order valence-electron chi connectivity index (χ2n) is 6.58. The van der Waals surface area contributed by atoms with Crippen LogP contribution in [0.4, 0.5) is 5.69 Å². The molecule has 0 aliphatic rings. The SMILES string of the molecule is COc1cc(/C=N\NC(=O)C(=O)Nc2cccc(Cl)c2Cl)ccc1OCc1ccc(Cl)cc1. The summed E-state index contributed by atoms with van der Waals surface area (Å²) in [6.45, 7) is 0.336. The van der Waals surface area contributed by atoms with Crippen molar-refractivity contribution in [2.24, 2.45) is 5.10 Å². The maximum absolute atomic E-state index is 12.0. The first kappa shape index (κ1) is 24.4. The average molecular weight is 507 g/mol. The fourth-order valence-corrected chi connectivity index (χ4v) is 3.09. The van der Waals surface area contributed by atoms with Crippen LogP contribution >= 0.6 is 34.8 Å². The Morgan fingerprint density at radius 1 is 0.970 bits per heavy atom. The van der Waals surface area contributed by atoms with Crippen LogP contribution < -0.4 is 20.2 Å². The highest BCUT2D eigenvalue weighted by Gasteiger charge is 2.15. The second kappa shape index (κ2) is 11.6. The molecule has 33 heavy (non-hydrogen) atoms. The van der Waals surface area contributed by atoms with Gasteiger partial charge in [0.1, 0.15) is 6.61 Å². The maximum atomic E-state index is 12.0. The first-order valence-corrected chi connectivity index (χ1v) is 10.6. The van der Waals surface area contributed by atoms with Gasteiger partial charge in [0.15, 0.2) is 11.5 Å². The van der Waals surface area contributed by atoms with Gasteiger partial charge >= 0.3 is 11.8 Å². The highest BCUT2D eigenvalue weighted by Crippen LogP contribution is 2.30. The Bertz CT molecular complexity index is 1180. The number of carbonyl (C=O) groups is 2. The predicted octanol–water partition coefficient (Wildman–Crippen LogP) is 5.32. The molecule has 2 N–H and O–H groups in total. The van der Waals surface area contributed by atoms with Crippen LogP contribution in [0.25, 0.3) is 0 Å². The number of anilines is 1. The third-order valence-corrected chi connectivity index (χ3v) is 5.35. The second-order valence-corrected chi connectivity index (χ2v) is 7.80. The molecular weight excluding hydrogens is 489 g/mol. The number of methoxy groups -OCH3 is 1. The summed E-state index contributed by atoms with van der Waals surface area (Å²) in [6, 6.07) is 17.1. The van der Waals surface area contributed by atoms with Crippen LogP contribution in [-0.2, 0) is 16.2 Å². The van der Waals surface area contributed by atoms with E-state index in [0.29, 0.717) is 28.7 Å². The van der Waals surface area contributed by atoms with Gasteiger partial charge in [-0.05, 0) is 53.6 Å². The number of hydrazone groups is 1. The van der Waals surface area contributed by atoms with E-state index in [2.05, 4.69) is 15.8 Å². The fraction of sp³-hybridized carbons (Fsp3) is 0.0870. The van der Waals surface area contributed by atoms with Crippen LogP contribution in [0.2, 0.25) is 15.1 Å². The number of hydrogen-bond donors (Lipinski definition) is 2. The minimum Gasteiger partial charge on any atom is -0.493 e. The van der Waals surface area contributed by atoms with E-state index >= 15 is 0 Å². The standard InChI is InChI=1S/C23H18Cl3N3O4/c1-32-20-11-15(7-10-19(20)33-13-14-5-8-16(24)9-6-14)12-27-29-23(31)22(30)28-18-4-2-3-17(25)21(18)26/h2-12H,13H2,1H3,(H,28,30)(H,29,31)/b27-12-. The number of nitrogens with zero attached hydrogens (tertiary/aromatic N) is 1. The van der Waals surface area contributed by atoms with Crippen LogP contribution in [0.3, 0.4) is 0 Å². The number of amides is 2. The van der Waals surface area contributed by atoms with Gasteiger partial charge < -0.3 is 14.8 Å². The minimum atomic E-state index is -0.975. The van der Waals surface area contributed by atoms with Gasteiger partial charge in [0, 0.05) is 5.02 Å². The molecule has 0 saturated carbocycles. The Kier molecular flexibility index (Phi) is 8.54. The molecule has 10 heteroatoms. The van der Waals surface area contributed by atoms with Crippen LogP contribution in [-0.4, -0.2) is 25.1 Å². The first-order chi connectivity index (χ1) is 15.9. The van der Waals surface area contributed by atoms with Crippen LogP contribution in [0, 0.1) is 0 Å². The van der Waals surface area contributed by atoms with Crippen molar-refractivity contribution in [1.29, 1.82) is 0 Å². The minimum absolute atomic E-state index is 0.134. The molecule has 0 aliphatic heterocycles. The molecule has 0 bridgehead atoms. The Morgan fingerprint density at radius 2 is 1.73 bits per heavy atom. The lowest BCUT2D eigenvalue weighted by Crippen LogP contribution is -2.32. The monoisotopic (exact) mass is 505 g/mol. The lowest BCUT2D eigenvalue weighted by molar-refractivity contribution is -0.136. The first-order valence-electron chi connectivity index (χ1n) is 9.51. The third kappa shape index (κ3) is 6.86. The molecule has 170 valence electrons. The van der Waals surface area contributed by atoms with Gasteiger partial charge in [0.2, 0.25) is 0 Å². The Labute approximate surface area is 205 Å². The topological polar surface area (TPSA) is 89.0 Å². The van der Waals surface area contributed by atoms with Gasteiger partial charge in [-0.1, -0.05) is 53.0 Å². The summed E-state index contributed by atoms with van der Waals surface area (Å²) in [4.78, 5) is 24.0. The van der Waals surface area contributed by atoms with Crippen molar-refractivity contribution in [1.82, 2.24) is 5.43 Å². The zero-order valence-electron chi connectivity index (χ0n) is 17.3. The quantitative estimate of drug-likeness (QED) is 0.258. The highest BCUT2D eigenvalue weighted by molar-refractivity contribution is 6.45. The zero-order valence-corrected chi connectivity index (χ0v) is 19.5. The van der Waals surface area contributed by atoms with E-state index in [1.807, 2.05) is 12.1 Å². The number of hydrogen-bond acceptors (Lipinski definition) is 5. The van der Waals surface area contributed by atoms with Gasteiger partial charge in [-0.2, -0.15) is 5.10 Å². The summed E-state index contributed by atoms with van der Waals surface area (Å²) in [7, 11) is 1.51. The maximum Gasteiger partial charge on any atom is 0.329 e. The van der Waals surface area contributed by atoms with Crippen LogP contribution in [0.5, 0.6) is 11.5 Å². The Balaban J connectivity index is 1.57. The number of benzene rings is 3. The number of carbonyl (C=O) groups excluding carboxylic acids is 2. The number of nitrogens with one attached hydrogen (secondary N) is 2. The lowest BCUT2D eigenvalue weighted by Gasteiger charge is -2.11. The van der Waals surface area contributed by atoms with Crippen molar-refractivity contribution in [3.63, 3.8) is 0 Å². The summed E-state index contributed by atoms with van der Waals surface area (Å²) in [5.74, 6) is -0.906. The van der Waals surface area contributed by atoms with Gasteiger partial charge in [0.05, 0.1) is 29.1 Å². The van der Waals surface area contributed by atoms with Crippen molar-refractivity contribution in [2.45, 2.75) is 6.61 Å². The number of halogens is 3. The van der Waals surface area contributed by atoms with Gasteiger partial charge in [0.25, 0.3) is 0 Å². The summed E-state index contributed by atoms with van der Waals surface area (Å²) < 4.78 is 11.2. The molecule has 0 atom stereocenters. The molecular formula is C23H18Cl3N3O4. The van der Waals surface area contributed by atoms with E-state index < -0.39 is 11.8 Å². The normalized spacial score (nSPS) is 10.7.